The smallest absolute Gasteiger partial charge is 0.240 e. The highest BCUT2D eigenvalue weighted by Crippen LogP contribution is 2.29. The summed E-state index contributed by atoms with van der Waals surface area (Å²) in [5, 5.41) is 6.38. The summed E-state index contributed by atoms with van der Waals surface area (Å²) >= 11 is 25.5. The van der Waals surface area contributed by atoms with Gasteiger partial charge in [-0.15, -0.1) is 0 Å². The van der Waals surface area contributed by atoms with E-state index in [0.717, 1.165) is 11.3 Å². The minimum atomic E-state index is -0.0949. The van der Waals surface area contributed by atoms with Crippen LogP contribution in [0.2, 0.25) is 20.1 Å². The monoisotopic (exact) mass is 580 g/mol. The Labute approximate surface area is 239 Å². The van der Waals surface area contributed by atoms with Crippen molar-refractivity contribution in [1.82, 2.24) is 15.4 Å². The maximum atomic E-state index is 11.7. The van der Waals surface area contributed by atoms with Gasteiger partial charge in [-0.2, -0.15) is 5.10 Å². The molecule has 1 aliphatic rings. The summed E-state index contributed by atoms with van der Waals surface area (Å²) in [6.45, 7) is 1.97. The predicted molar refractivity (Wildman–Crippen MR) is 159 cm³/mol. The molecule has 0 aliphatic carbocycles. The number of rotatable bonds is 5. The molecule has 0 saturated carbocycles. The zero-order valence-electron chi connectivity index (χ0n) is 20.1. The molecule has 3 aromatic carbocycles. The van der Waals surface area contributed by atoms with Gasteiger partial charge < -0.3 is 0 Å². The Balaban J connectivity index is 1.62. The fourth-order valence-corrected chi connectivity index (χ4v) is 5.20. The highest BCUT2D eigenvalue weighted by Gasteiger charge is 2.22. The summed E-state index contributed by atoms with van der Waals surface area (Å²) in [7, 11) is 0. The topological polar surface area (TPSA) is 67.2 Å². The minimum Gasteiger partial charge on any atom is -0.273 e. The summed E-state index contributed by atoms with van der Waals surface area (Å²) in [5.74, 6) is -0.110. The lowest BCUT2D eigenvalue weighted by Gasteiger charge is -2.19. The van der Waals surface area contributed by atoms with E-state index in [4.69, 9.17) is 56.4 Å². The van der Waals surface area contributed by atoms with Gasteiger partial charge in [-0.25, -0.2) is 15.4 Å². The van der Waals surface area contributed by atoms with E-state index in [-0.39, 0.29) is 11.8 Å². The molecule has 5 rings (SSSR count). The van der Waals surface area contributed by atoms with Crippen molar-refractivity contribution < 1.29 is 4.79 Å². The standard InChI is InChI=1S/C29H20Cl4N4O/c1-16-14-28(38)36-37-29(16)17-8-11-26-27(15-17)35-25(13-10-19-22(32)6-3-7-23(19)33)24(34-26)12-9-18-20(30)4-2-5-21(18)31/h2-13,15-16H,14H2,1H3,(H,36,38). The van der Waals surface area contributed by atoms with Crippen LogP contribution in [0.3, 0.4) is 0 Å². The second-order valence-corrected chi connectivity index (χ2v) is 10.4. The highest BCUT2D eigenvalue weighted by molar-refractivity contribution is 6.38. The molecule has 5 nitrogen and oxygen atoms in total. The third kappa shape index (κ3) is 5.62. The molecule has 0 spiro atoms. The maximum absolute atomic E-state index is 11.7. The third-order valence-electron chi connectivity index (χ3n) is 6.09. The predicted octanol–water partition coefficient (Wildman–Crippen LogP) is 8.44. The molecule has 1 aromatic heterocycles. The van der Waals surface area contributed by atoms with Gasteiger partial charge in [0, 0.05) is 49.1 Å². The average molecular weight is 582 g/mol. The van der Waals surface area contributed by atoms with E-state index in [2.05, 4.69) is 10.5 Å². The molecule has 38 heavy (non-hydrogen) atoms. The van der Waals surface area contributed by atoms with Crippen LogP contribution in [-0.4, -0.2) is 21.6 Å². The number of nitrogens with zero attached hydrogens (tertiary/aromatic N) is 3. The van der Waals surface area contributed by atoms with Crippen LogP contribution in [0.25, 0.3) is 35.3 Å². The second-order valence-electron chi connectivity index (χ2n) is 8.77. The molecule has 2 heterocycles. The van der Waals surface area contributed by atoms with Crippen molar-refractivity contribution in [2.24, 2.45) is 11.0 Å². The zero-order valence-corrected chi connectivity index (χ0v) is 23.1. The largest absolute Gasteiger partial charge is 0.273 e. The molecule has 0 saturated heterocycles. The first kappa shape index (κ1) is 26.4. The quantitative estimate of drug-likeness (QED) is 0.257. The molecule has 1 unspecified atom stereocenters. The summed E-state index contributed by atoms with van der Waals surface area (Å²) < 4.78 is 0. The van der Waals surface area contributed by atoms with Gasteiger partial charge in [-0.1, -0.05) is 71.5 Å². The van der Waals surface area contributed by atoms with Crippen LogP contribution in [0, 0.1) is 5.92 Å². The molecule has 1 N–H and O–H groups in total. The van der Waals surface area contributed by atoms with Crippen LogP contribution in [0.15, 0.2) is 59.7 Å². The van der Waals surface area contributed by atoms with E-state index in [1.807, 2.05) is 49.4 Å². The van der Waals surface area contributed by atoms with E-state index < -0.39 is 0 Å². The van der Waals surface area contributed by atoms with Gasteiger partial charge in [0.1, 0.15) is 0 Å². The number of fused-ring (bicyclic) bond motifs is 1. The van der Waals surface area contributed by atoms with E-state index >= 15 is 0 Å². The number of carbonyl (C=O) groups excluding carboxylic acids is 1. The molecule has 0 fully saturated rings. The Bertz CT molecular complexity index is 1620. The average Bonchev–Trinajstić information content (AvgIpc) is 2.88. The van der Waals surface area contributed by atoms with Gasteiger partial charge in [0.05, 0.1) is 28.1 Å². The Kier molecular flexibility index (Phi) is 7.82. The number of hydrazone groups is 1. The highest BCUT2D eigenvalue weighted by atomic mass is 35.5. The minimum absolute atomic E-state index is 0.0153. The van der Waals surface area contributed by atoms with Gasteiger partial charge in [0.25, 0.3) is 0 Å². The molecular formula is C29H20Cl4N4O. The molecule has 190 valence electrons. The zero-order chi connectivity index (χ0) is 26.8. The normalized spacial score (nSPS) is 15.9. The van der Waals surface area contributed by atoms with Crippen molar-refractivity contribution in [2.75, 3.05) is 0 Å². The van der Waals surface area contributed by atoms with Crippen molar-refractivity contribution in [3.63, 3.8) is 0 Å². The van der Waals surface area contributed by atoms with Crippen LogP contribution < -0.4 is 5.43 Å². The van der Waals surface area contributed by atoms with Crippen LogP contribution >= 0.6 is 46.4 Å². The lowest BCUT2D eigenvalue weighted by atomic mass is 9.94. The van der Waals surface area contributed by atoms with Gasteiger partial charge >= 0.3 is 0 Å². The Morgan fingerprint density at radius 1 is 0.763 bits per heavy atom. The van der Waals surface area contributed by atoms with Crippen LogP contribution in [0.5, 0.6) is 0 Å². The van der Waals surface area contributed by atoms with Crippen LogP contribution in [-0.2, 0) is 4.79 Å². The van der Waals surface area contributed by atoms with Gasteiger partial charge in [0.2, 0.25) is 5.91 Å². The molecule has 0 radical (unpaired) electrons. The van der Waals surface area contributed by atoms with Crippen molar-refractivity contribution in [1.29, 1.82) is 0 Å². The summed E-state index contributed by atoms with van der Waals surface area (Å²) in [4.78, 5) is 21.5. The SMILES string of the molecule is CC1CC(=O)NN=C1c1ccc2nc(C=Cc3c(Cl)cccc3Cl)c(C=Cc3c(Cl)cccc3Cl)nc2c1. The van der Waals surface area contributed by atoms with E-state index in [9.17, 15) is 4.79 Å². The Morgan fingerprint density at radius 3 is 1.82 bits per heavy atom. The van der Waals surface area contributed by atoms with Crippen molar-refractivity contribution in [2.45, 2.75) is 13.3 Å². The molecule has 1 amide bonds. The Hall–Kier alpha value is -3.22. The van der Waals surface area contributed by atoms with Crippen molar-refractivity contribution in [3.05, 3.63) is 103 Å². The van der Waals surface area contributed by atoms with Crippen LogP contribution in [0.4, 0.5) is 0 Å². The molecular weight excluding hydrogens is 562 g/mol. The number of halogens is 4. The summed E-state index contributed by atoms with van der Waals surface area (Å²) in [6.07, 6.45) is 7.65. The van der Waals surface area contributed by atoms with Crippen molar-refractivity contribution in [3.8, 4) is 0 Å². The van der Waals surface area contributed by atoms with Crippen LogP contribution in [0.1, 0.15) is 41.4 Å². The van der Waals surface area contributed by atoms with E-state index in [0.29, 0.717) is 60.1 Å². The first-order valence-electron chi connectivity index (χ1n) is 11.7. The number of carbonyl (C=O) groups is 1. The number of benzene rings is 3. The number of amides is 1. The molecule has 0 bridgehead atoms. The number of hydrogen-bond donors (Lipinski definition) is 1. The lowest BCUT2D eigenvalue weighted by molar-refractivity contribution is -0.121. The number of hydrogen-bond acceptors (Lipinski definition) is 4. The fraction of sp³-hybridized carbons (Fsp3) is 0.103. The lowest BCUT2D eigenvalue weighted by Crippen LogP contribution is -2.31. The maximum Gasteiger partial charge on any atom is 0.240 e. The molecule has 1 atom stereocenters. The summed E-state index contributed by atoms with van der Waals surface area (Å²) in [5.41, 5.74) is 8.16. The molecule has 1 aliphatic heterocycles. The van der Waals surface area contributed by atoms with Gasteiger partial charge in [-0.05, 0) is 60.7 Å². The second kappa shape index (κ2) is 11.3. The van der Waals surface area contributed by atoms with E-state index in [1.165, 1.54) is 0 Å². The van der Waals surface area contributed by atoms with E-state index in [1.54, 1.807) is 36.4 Å². The summed E-state index contributed by atoms with van der Waals surface area (Å²) in [6, 6.07) is 16.4. The fourth-order valence-electron chi connectivity index (χ4n) is 4.15. The van der Waals surface area contributed by atoms with Crippen molar-refractivity contribution >= 4 is 93.4 Å². The third-order valence-corrected chi connectivity index (χ3v) is 7.41. The Morgan fingerprint density at radius 2 is 1.29 bits per heavy atom. The molecule has 9 heteroatoms. The van der Waals surface area contributed by atoms with Gasteiger partial charge in [-0.3, -0.25) is 4.79 Å². The van der Waals surface area contributed by atoms with Gasteiger partial charge in [0.15, 0.2) is 0 Å². The number of nitrogens with one attached hydrogen (secondary N) is 1. The first-order valence-corrected chi connectivity index (χ1v) is 13.2. The molecule has 4 aromatic rings. The number of aromatic nitrogens is 2. The first-order chi connectivity index (χ1) is 18.3.